The van der Waals surface area contributed by atoms with Crippen molar-refractivity contribution in [3.63, 3.8) is 0 Å². The molecule has 2 fully saturated rings. The van der Waals surface area contributed by atoms with Gasteiger partial charge in [0.05, 0.1) is 6.61 Å². The molecule has 0 unspecified atom stereocenters. The van der Waals surface area contributed by atoms with Gasteiger partial charge >= 0.3 is 0 Å². The molecule has 0 saturated heterocycles. The first kappa shape index (κ1) is 25.2. The standard InChI is InChI=1S/C31H42F2O/c1-3-5-23-9-11-24(12-10-23)6-4-21-34-27-17-15-26(16-18-27)29-20-19-28(30(32)31(29)33)25-13-7-22(2)8-14-25/h15-20,22-25H,3-14,21H2,1-2H3. The molecule has 1 nitrogen and oxygen atoms in total. The molecule has 0 amide bonds. The van der Waals surface area contributed by atoms with E-state index in [9.17, 15) is 8.78 Å². The van der Waals surface area contributed by atoms with E-state index in [2.05, 4.69) is 13.8 Å². The third kappa shape index (κ3) is 6.40. The predicted molar refractivity (Wildman–Crippen MR) is 137 cm³/mol. The maximum Gasteiger partial charge on any atom is 0.166 e. The highest BCUT2D eigenvalue weighted by Gasteiger charge is 2.25. The zero-order valence-electron chi connectivity index (χ0n) is 21.1. The van der Waals surface area contributed by atoms with Gasteiger partial charge in [0.25, 0.3) is 0 Å². The van der Waals surface area contributed by atoms with Gasteiger partial charge in [-0.15, -0.1) is 0 Å². The average molecular weight is 469 g/mol. The van der Waals surface area contributed by atoms with Gasteiger partial charge in [-0.05, 0) is 72.6 Å². The second-order valence-electron chi connectivity index (χ2n) is 11.0. The zero-order valence-corrected chi connectivity index (χ0v) is 21.1. The van der Waals surface area contributed by atoms with Crippen LogP contribution in [0.3, 0.4) is 0 Å². The Balaban J connectivity index is 1.27. The molecule has 0 heterocycles. The number of rotatable bonds is 9. The Morgan fingerprint density at radius 1 is 0.765 bits per heavy atom. The molecule has 0 bridgehead atoms. The van der Waals surface area contributed by atoms with E-state index >= 15 is 0 Å². The van der Waals surface area contributed by atoms with Crippen LogP contribution in [0.1, 0.15) is 102 Å². The van der Waals surface area contributed by atoms with Crippen molar-refractivity contribution < 1.29 is 13.5 Å². The molecule has 3 heteroatoms. The van der Waals surface area contributed by atoms with E-state index in [4.69, 9.17) is 4.74 Å². The van der Waals surface area contributed by atoms with Gasteiger partial charge in [0.1, 0.15) is 5.75 Å². The Morgan fingerprint density at radius 2 is 1.41 bits per heavy atom. The average Bonchev–Trinajstić information content (AvgIpc) is 2.86. The van der Waals surface area contributed by atoms with Crippen molar-refractivity contribution in [3.8, 4) is 16.9 Å². The number of hydrogen-bond acceptors (Lipinski definition) is 1. The smallest absolute Gasteiger partial charge is 0.166 e. The molecular formula is C31H42F2O. The van der Waals surface area contributed by atoms with Gasteiger partial charge in [-0.2, -0.15) is 0 Å². The molecule has 4 rings (SSSR count). The molecule has 2 aromatic carbocycles. The van der Waals surface area contributed by atoms with E-state index in [0.717, 1.165) is 49.7 Å². The van der Waals surface area contributed by atoms with Crippen LogP contribution in [0.5, 0.6) is 5.75 Å². The normalized spacial score (nSPS) is 25.3. The molecule has 186 valence electrons. The monoisotopic (exact) mass is 468 g/mol. The summed E-state index contributed by atoms with van der Waals surface area (Å²) in [7, 11) is 0. The molecule has 34 heavy (non-hydrogen) atoms. The van der Waals surface area contributed by atoms with Crippen molar-refractivity contribution >= 4 is 0 Å². The summed E-state index contributed by atoms with van der Waals surface area (Å²) >= 11 is 0. The quantitative estimate of drug-likeness (QED) is 0.333. The Morgan fingerprint density at radius 3 is 2.06 bits per heavy atom. The Labute approximate surface area is 205 Å². The first-order valence-electron chi connectivity index (χ1n) is 13.8. The number of halogens is 2. The predicted octanol–water partition coefficient (Wildman–Crippen LogP) is 9.69. The summed E-state index contributed by atoms with van der Waals surface area (Å²) in [5.41, 5.74) is 1.57. The third-order valence-electron chi connectivity index (χ3n) is 8.42. The minimum absolute atomic E-state index is 0.141. The number of ether oxygens (including phenoxy) is 1. The highest BCUT2D eigenvalue weighted by molar-refractivity contribution is 5.65. The largest absolute Gasteiger partial charge is 0.494 e. The van der Waals surface area contributed by atoms with Gasteiger partial charge in [0.2, 0.25) is 0 Å². The van der Waals surface area contributed by atoms with Crippen LogP contribution in [0.25, 0.3) is 11.1 Å². The van der Waals surface area contributed by atoms with Gasteiger partial charge < -0.3 is 4.74 Å². The van der Waals surface area contributed by atoms with Crippen molar-refractivity contribution in [2.45, 2.75) is 96.8 Å². The zero-order chi connectivity index (χ0) is 23.9. The minimum atomic E-state index is -0.724. The summed E-state index contributed by atoms with van der Waals surface area (Å²) in [5, 5.41) is 0. The molecule has 0 radical (unpaired) electrons. The highest BCUT2D eigenvalue weighted by atomic mass is 19.2. The summed E-state index contributed by atoms with van der Waals surface area (Å²) in [6.07, 6.45) is 14.7. The van der Waals surface area contributed by atoms with Crippen molar-refractivity contribution in [3.05, 3.63) is 53.6 Å². The van der Waals surface area contributed by atoms with Crippen LogP contribution < -0.4 is 4.74 Å². The fourth-order valence-electron chi connectivity index (χ4n) is 6.18. The van der Waals surface area contributed by atoms with Crippen LogP contribution >= 0.6 is 0 Å². The molecule has 0 spiro atoms. The van der Waals surface area contributed by atoms with E-state index in [1.165, 1.54) is 44.9 Å². The van der Waals surface area contributed by atoms with Gasteiger partial charge in [0, 0.05) is 5.56 Å². The van der Waals surface area contributed by atoms with E-state index in [0.29, 0.717) is 29.2 Å². The van der Waals surface area contributed by atoms with Crippen molar-refractivity contribution in [1.82, 2.24) is 0 Å². The third-order valence-corrected chi connectivity index (χ3v) is 8.42. The number of hydrogen-bond donors (Lipinski definition) is 0. The lowest BCUT2D eigenvalue weighted by atomic mass is 9.78. The van der Waals surface area contributed by atoms with Gasteiger partial charge in [0.15, 0.2) is 11.6 Å². The summed E-state index contributed by atoms with van der Waals surface area (Å²) in [5.74, 6) is 2.05. The van der Waals surface area contributed by atoms with E-state index in [1.807, 2.05) is 24.3 Å². The maximum atomic E-state index is 15.0. The van der Waals surface area contributed by atoms with Gasteiger partial charge in [-0.1, -0.05) is 89.5 Å². The van der Waals surface area contributed by atoms with E-state index in [1.54, 1.807) is 12.1 Å². The first-order chi connectivity index (χ1) is 16.5. The van der Waals surface area contributed by atoms with Gasteiger partial charge in [-0.25, -0.2) is 8.78 Å². The van der Waals surface area contributed by atoms with E-state index in [-0.39, 0.29) is 5.92 Å². The van der Waals surface area contributed by atoms with E-state index < -0.39 is 11.6 Å². The van der Waals surface area contributed by atoms with Crippen LogP contribution in [0.4, 0.5) is 8.78 Å². The Bertz CT molecular complexity index is 890. The Kier molecular flexibility index (Phi) is 9.03. The molecule has 2 aliphatic rings. The molecule has 0 atom stereocenters. The van der Waals surface area contributed by atoms with Crippen LogP contribution in [-0.2, 0) is 0 Å². The van der Waals surface area contributed by atoms with Crippen molar-refractivity contribution in [2.75, 3.05) is 6.61 Å². The summed E-state index contributed by atoms with van der Waals surface area (Å²) < 4.78 is 35.8. The van der Waals surface area contributed by atoms with Gasteiger partial charge in [-0.3, -0.25) is 0 Å². The van der Waals surface area contributed by atoms with Crippen molar-refractivity contribution in [2.24, 2.45) is 17.8 Å². The second-order valence-corrected chi connectivity index (χ2v) is 11.0. The minimum Gasteiger partial charge on any atom is -0.494 e. The van der Waals surface area contributed by atoms with Crippen LogP contribution in [-0.4, -0.2) is 6.61 Å². The summed E-state index contributed by atoms with van der Waals surface area (Å²) in [6.45, 7) is 5.24. The van der Waals surface area contributed by atoms with Crippen molar-refractivity contribution in [1.29, 1.82) is 0 Å². The van der Waals surface area contributed by atoms with Crippen LogP contribution in [0.2, 0.25) is 0 Å². The van der Waals surface area contributed by atoms with Crippen LogP contribution in [0.15, 0.2) is 36.4 Å². The fourth-order valence-corrected chi connectivity index (χ4v) is 6.18. The molecule has 2 aromatic rings. The summed E-state index contributed by atoms with van der Waals surface area (Å²) in [6, 6.07) is 11.0. The topological polar surface area (TPSA) is 9.23 Å². The number of benzene rings is 2. The molecule has 0 aromatic heterocycles. The molecule has 0 aliphatic heterocycles. The first-order valence-corrected chi connectivity index (χ1v) is 13.8. The summed E-state index contributed by atoms with van der Waals surface area (Å²) in [4.78, 5) is 0. The lowest BCUT2D eigenvalue weighted by molar-refractivity contribution is 0.230. The lowest BCUT2D eigenvalue weighted by Gasteiger charge is -2.28. The fraction of sp³-hybridized carbons (Fsp3) is 0.613. The molecular weight excluding hydrogens is 426 g/mol. The van der Waals surface area contributed by atoms with Crippen LogP contribution in [0, 0.1) is 29.4 Å². The second kappa shape index (κ2) is 12.2. The Hall–Kier alpha value is -1.90. The SMILES string of the molecule is CCCC1CCC(CCCOc2ccc(-c3ccc(C4CCC(C)CC4)c(F)c3F)cc2)CC1. The highest BCUT2D eigenvalue weighted by Crippen LogP contribution is 2.39. The molecule has 2 aliphatic carbocycles. The maximum absolute atomic E-state index is 15.0. The molecule has 2 saturated carbocycles. The lowest BCUT2D eigenvalue weighted by Crippen LogP contribution is -2.15. The molecule has 0 N–H and O–H groups in total.